The molecule has 23 heavy (non-hydrogen) atoms. The van der Waals surface area contributed by atoms with Crippen molar-refractivity contribution in [2.45, 2.75) is 31.8 Å². The first kappa shape index (κ1) is 15.7. The van der Waals surface area contributed by atoms with Gasteiger partial charge in [-0.05, 0) is 36.5 Å². The molecule has 1 amide bonds. The summed E-state index contributed by atoms with van der Waals surface area (Å²) in [7, 11) is 0. The quantitative estimate of drug-likeness (QED) is 0.793. The Labute approximate surface area is 134 Å². The number of halogens is 1. The molecule has 3 rings (SSSR count). The van der Waals surface area contributed by atoms with E-state index in [1.807, 2.05) is 0 Å². The third-order valence-electron chi connectivity index (χ3n) is 4.56. The number of carbonyl (C=O) groups is 1. The van der Waals surface area contributed by atoms with E-state index in [2.05, 4.69) is 10.3 Å². The highest BCUT2D eigenvalue weighted by Gasteiger charge is 2.24. The van der Waals surface area contributed by atoms with E-state index < -0.39 is 6.10 Å². The fourth-order valence-electron chi connectivity index (χ4n) is 3.22. The number of nitrogens with one attached hydrogen (secondary N) is 2. The zero-order valence-corrected chi connectivity index (χ0v) is 12.9. The maximum absolute atomic E-state index is 13.0. The minimum absolute atomic E-state index is 0.234. The number of rotatable bonds is 5. The summed E-state index contributed by atoms with van der Waals surface area (Å²) in [5.74, 6) is -0.254. The SMILES string of the molecule is O=C(NCC(O)C1CCCC1)c1c[nH]cc1-c1ccc(F)cc1. The number of carbonyl (C=O) groups excluding carboxylic acids is 1. The van der Waals surface area contributed by atoms with Crippen LogP contribution in [0, 0.1) is 11.7 Å². The van der Waals surface area contributed by atoms with E-state index >= 15 is 0 Å². The fraction of sp³-hybridized carbons (Fsp3) is 0.389. The molecule has 0 spiro atoms. The van der Waals surface area contributed by atoms with Crippen molar-refractivity contribution >= 4 is 5.91 Å². The van der Waals surface area contributed by atoms with Crippen LogP contribution >= 0.6 is 0 Å². The van der Waals surface area contributed by atoms with Gasteiger partial charge in [0.25, 0.3) is 5.91 Å². The highest BCUT2D eigenvalue weighted by molar-refractivity contribution is 6.00. The summed E-state index contributed by atoms with van der Waals surface area (Å²) in [4.78, 5) is 15.3. The lowest BCUT2D eigenvalue weighted by Gasteiger charge is -2.18. The topological polar surface area (TPSA) is 65.1 Å². The summed E-state index contributed by atoms with van der Waals surface area (Å²) in [5.41, 5.74) is 1.99. The van der Waals surface area contributed by atoms with Crippen molar-refractivity contribution in [3.05, 3.63) is 48.0 Å². The van der Waals surface area contributed by atoms with Crippen LogP contribution in [0.5, 0.6) is 0 Å². The number of H-pyrrole nitrogens is 1. The number of hydrogen-bond donors (Lipinski definition) is 3. The fourth-order valence-corrected chi connectivity index (χ4v) is 3.22. The van der Waals surface area contributed by atoms with Gasteiger partial charge in [-0.3, -0.25) is 4.79 Å². The maximum Gasteiger partial charge on any atom is 0.253 e. The third-order valence-corrected chi connectivity index (χ3v) is 4.56. The first-order valence-corrected chi connectivity index (χ1v) is 8.04. The molecule has 1 aromatic carbocycles. The van der Waals surface area contributed by atoms with Gasteiger partial charge in [-0.1, -0.05) is 25.0 Å². The third kappa shape index (κ3) is 3.62. The Morgan fingerprint density at radius 3 is 2.65 bits per heavy atom. The summed E-state index contributed by atoms with van der Waals surface area (Å²) in [6, 6.07) is 6.02. The molecule has 0 aliphatic heterocycles. The summed E-state index contributed by atoms with van der Waals surface area (Å²) in [6.07, 6.45) is 7.22. The van der Waals surface area contributed by atoms with E-state index in [-0.39, 0.29) is 24.2 Å². The average Bonchev–Trinajstić information content (AvgIpc) is 3.24. The first-order chi connectivity index (χ1) is 11.1. The lowest BCUT2D eigenvalue weighted by atomic mass is 10.0. The molecular formula is C18H21FN2O2. The molecule has 0 bridgehead atoms. The molecule has 4 nitrogen and oxygen atoms in total. The Bertz CT molecular complexity index is 660. The largest absolute Gasteiger partial charge is 0.391 e. The summed E-state index contributed by atoms with van der Waals surface area (Å²) < 4.78 is 13.0. The van der Waals surface area contributed by atoms with Gasteiger partial charge in [-0.15, -0.1) is 0 Å². The van der Waals surface area contributed by atoms with Crippen molar-refractivity contribution in [3.8, 4) is 11.1 Å². The van der Waals surface area contributed by atoms with Crippen LogP contribution in [0.15, 0.2) is 36.7 Å². The van der Waals surface area contributed by atoms with Gasteiger partial charge in [0.2, 0.25) is 0 Å². The van der Waals surface area contributed by atoms with Gasteiger partial charge in [0, 0.05) is 24.5 Å². The minimum Gasteiger partial charge on any atom is -0.391 e. The molecule has 3 N–H and O–H groups in total. The molecule has 0 saturated heterocycles. The molecule has 1 aliphatic carbocycles. The van der Waals surface area contributed by atoms with Crippen molar-refractivity contribution in [3.63, 3.8) is 0 Å². The molecule has 1 unspecified atom stereocenters. The highest BCUT2D eigenvalue weighted by atomic mass is 19.1. The Morgan fingerprint density at radius 2 is 1.96 bits per heavy atom. The molecule has 1 aromatic heterocycles. The molecule has 5 heteroatoms. The lowest BCUT2D eigenvalue weighted by molar-refractivity contribution is 0.0841. The minimum atomic E-state index is -0.491. The van der Waals surface area contributed by atoms with E-state index in [4.69, 9.17) is 0 Å². The molecular weight excluding hydrogens is 295 g/mol. The number of aromatic nitrogens is 1. The monoisotopic (exact) mass is 316 g/mol. The van der Waals surface area contributed by atoms with Gasteiger partial charge in [0.05, 0.1) is 11.7 Å². The molecule has 1 atom stereocenters. The highest BCUT2D eigenvalue weighted by Crippen LogP contribution is 2.27. The maximum atomic E-state index is 13.0. The van der Waals surface area contributed by atoms with Gasteiger partial charge >= 0.3 is 0 Å². The van der Waals surface area contributed by atoms with E-state index in [9.17, 15) is 14.3 Å². The predicted molar refractivity (Wildman–Crippen MR) is 86.5 cm³/mol. The van der Waals surface area contributed by atoms with Crippen LogP contribution in [-0.2, 0) is 0 Å². The second-order valence-electron chi connectivity index (χ2n) is 6.11. The van der Waals surface area contributed by atoms with Crippen LogP contribution in [-0.4, -0.2) is 28.6 Å². The van der Waals surface area contributed by atoms with Crippen LogP contribution in [0.2, 0.25) is 0 Å². The molecule has 1 aliphatic rings. The molecule has 0 radical (unpaired) electrons. The van der Waals surface area contributed by atoms with Crippen LogP contribution in [0.4, 0.5) is 4.39 Å². The Hall–Kier alpha value is -2.14. The van der Waals surface area contributed by atoms with E-state index in [1.54, 1.807) is 24.5 Å². The Morgan fingerprint density at radius 1 is 1.26 bits per heavy atom. The van der Waals surface area contributed by atoms with Gasteiger partial charge in [-0.2, -0.15) is 0 Å². The predicted octanol–water partition coefficient (Wildman–Crippen LogP) is 3.10. The van der Waals surface area contributed by atoms with Crippen LogP contribution in [0.1, 0.15) is 36.0 Å². The number of amides is 1. The van der Waals surface area contributed by atoms with Crippen molar-refractivity contribution in [1.29, 1.82) is 0 Å². The summed E-state index contributed by atoms with van der Waals surface area (Å²) >= 11 is 0. The lowest BCUT2D eigenvalue weighted by Crippen LogP contribution is -2.35. The van der Waals surface area contributed by atoms with E-state index in [0.717, 1.165) is 36.8 Å². The van der Waals surface area contributed by atoms with Crippen molar-refractivity contribution in [2.24, 2.45) is 5.92 Å². The van der Waals surface area contributed by atoms with Gasteiger partial charge in [0.1, 0.15) is 5.82 Å². The zero-order valence-electron chi connectivity index (χ0n) is 12.9. The number of aliphatic hydroxyl groups is 1. The standard InChI is InChI=1S/C18H21FN2O2/c19-14-7-5-12(6-8-14)15-9-20-10-16(15)18(23)21-11-17(22)13-3-1-2-4-13/h5-10,13,17,20,22H,1-4,11H2,(H,21,23). The molecule has 2 aromatic rings. The smallest absolute Gasteiger partial charge is 0.253 e. The van der Waals surface area contributed by atoms with E-state index in [1.165, 1.54) is 12.1 Å². The van der Waals surface area contributed by atoms with Crippen molar-refractivity contribution in [1.82, 2.24) is 10.3 Å². The summed E-state index contributed by atoms with van der Waals surface area (Å²) in [6.45, 7) is 0.261. The van der Waals surface area contributed by atoms with Gasteiger partial charge < -0.3 is 15.4 Å². The number of aliphatic hydroxyl groups excluding tert-OH is 1. The zero-order chi connectivity index (χ0) is 16.2. The Kier molecular flexibility index (Phi) is 4.76. The normalized spacial score (nSPS) is 16.4. The summed E-state index contributed by atoms with van der Waals surface area (Å²) in [5, 5.41) is 12.9. The molecule has 1 heterocycles. The Balaban J connectivity index is 1.66. The first-order valence-electron chi connectivity index (χ1n) is 8.04. The number of aromatic amines is 1. The van der Waals surface area contributed by atoms with Crippen LogP contribution < -0.4 is 5.32 Å². The number of benzene rings is 1. The van der Waals surface area contributed by atoms with E-state index in [0.29, 0.717) is 5.56 Å². The molecule has 122 valence electrons. The van der Waals surface area contributed by atoms with Crippen LogP contribution in [0.3, 0.4) is 0 Å². The second kappa shape index (κ2) is 6.96. The average molecular weight is 316 g/mol. The van der Waals surface area contributed by atoms with Crippen molar-refractivity contribution < 1.29 is 14.3 Å². The second-order valence-corrected chi connectivity index (χ2v) is 6.11. The molecule has 1 fully saturated rings. The van der Waals surface area contributed by atoms with Crippen LogP contribution in [0.25, 0.3) is 11.1 Å². The van der Waals surface area contributed by atoms with Gasteiger partial charge in [0.15, 0.2) is 0 Å². The van der Waals surface area contributed by atoms with Gasteiger partial charge in [-0.25, -0.2) is 4.39 Å². The van der Waals surface area contributed by atoms with Crippen molar-refractivity contribution in [2.75, 3.05) is 6.54 Å². The number of hydrogen-bond acceptors (Lipinski definition) is 2. The molecule has 1 saturated carbocycles.